The number of hydrogen-bond acceptors (Lipinski definition) is 4. The minimum Gasteiger partial charge on any atom is -0.390 e. The third kappa shape index (κ3) is 3.02. The van der Waals surface area contributed by atoms with E-state index in [1.807, 2.05) is 6.08 Å². The first-order chi connectivity index (χ1) is 7.19. The van der Waals surface area contributed by atoms with Gasteiger partial charge in [0.15, 0.2) is 0 Å². The minimum absolute atomic E-state index is 0.0825. The molecular formula is C11H17N3O. The second kappa shape index (κ2) is 5.46. The van der Waals surface area contributed by atoms with Gasteiger partial charge in [-0.3, -0.25) is 4.98 Å². The van der Waals surface area contributed by atoms with Crippen molar-refractivity contribution in [1.82, 2.24) is 9.97 Å². The molecular weight excluding hydrogens is 190 g/mol. The Bertz CT molecular complexity index is 325. The zero-order chi connectivity index (χ0) is 11.3. The molecule has 1 N–H and O–H groups in total. The summed E-state index contributed by atoms with van der Waals surface area (Å²) in [6.45, 7) is 8.51. The summed E-state index contributed by atoms with van der Waals surface area (Å²) in [5, 5.41) is 8.97. The van der Waals surface area contributed by atoms with Crippen LogP contribution in [-0.2, 0) is 6.61 Å². The van der Waals surface area contributed by atoms with Gasteiger partial charge in [0.2, 0.25) is 0 Å². The zero-order valence-electron chi connectivity index (χ0n) is 9.22. The normalized spacial score (nSPS) is 10.4. The van der Waals surface area contributed by atoms with E-state index in [2.05, 4.69) is 35.3 Å². The Morgan fingerprint density at radius 1 is 1.53 bits per heavy atom. The molecule has 1 heterocycles. The van der Waals surface area contributed by atoms with Crippen LogP contribution in [0.25, 0.3) is 0 Å². The van der Waals surface area contributed by atoms with Crippen LogP contribution in [-0.4, -0.2) is 27.7 Å². The molecule has 82 valence electrons. The maximum Gasteiger partial charge on any atom is 0.148 e. The summed E-state index contributed by atoms with van der Waals surface area (Å²) >= 11 is 0. The van der Waals surface area contributed by atoms with Crippen molar-refractivity contribution >= 4 is 5.82 Å². The van der Waals surface area contributed by atoms with Crippen molar-refractivity contribution < 1.29 is 5.11 Å². The third-order valence-electron chi connectivity index (χ3n) is 2.08. The molecule has 0 aliphatic carbocycles. The first-order valence-corrected chi connectivity index (χ1v) is 4.98. The number of aromatic nitrogens is 2. The molecule has 0 spiro atoms. The molecule has 0 aliphatic rings. The molecule has 1 aromatic heterocycles. The van der Waals surface area contributed by atoms with Crippen molar-refractivity contribution in [3.63, 3.8) is 0 Å². The molecule has 4 nitrogen and oxygen atoms in total. The van der Waals surface area contributed by atoms with Crippen LogP contribution in [0.2, 0.25) is 0 Å². The largest absolute Gasteiger partial charge is 0.390 e. The molecule has 0 amide bonds. The van der Waals surface area contributed by atoms with Gasteiger partial charge in [-0.15, -0.1) is 6.58 Å². The average molecular weight is 207 g/mol. The molecule has 1 aromatic rings. The fourth-order valence-corrected chi connectivity index (χ4v) is 1.32. The van der Waals surface area contributed by atoms with Gasteiger partial charge in [-0.2, -0.15) is 0 Å². The molecule has 0 bridgehead atoms. The lowest BCUT2D eigenvalue weighted by Gasteiger charge is -2.26. The summed E-state index contributed by atoms with van der Waals surface area (Å²) in [4.78, 5) is 10.4. The fourth-order valence-electron chi connectivity index (χ4n) is 1.32. The smallest absolute Gasteiger partial charge is 0.148 e. The Balaban J connectivity index is 2.94. The van der Waals surface area contributed by atoms with E-state index >= 15 is 0 Å². The molecule has 0 unspecified atom stereocenters. The van der Waals surface area contributed by atoms with Gasteiger partial charge in [-0.25, -0.2) is 4.98 Å². The first kappa shape index (κ1) is 11.7. The maximum absolute atomic E-state index is 8.97. The number of anilines is 1. The van der Waals surface area contributed by atoms with E-state index in [0.717, 1.165) is 12.4 Å². The molecule has 1 rings (SSSR count). The standard InChI is InChI=1S/C11H17N3O/c1-4-5-14(9(2)3)11-7-12-6-10(8-15)13-11/h4,6-7,9,15H,1,5,8H2,2-3H3. The van der Waals surface area contributed by atoms with Crippen molar-refractivity contribution in [3.05, 3.63) is 30.7 Å². The first-order valence-electron chi connectivity index (χ1n) is 4.98. The summed E-state index contributed by atoms with van der Waals surface area (Å²) in [7, 11) is 0. The molecule has 0 saturated carbocycles. The highest BCUT2D eigenvalue weighted by molar-refractivity contribution is 5.38. The summed E-state index contributed by atoms with van der Waals surface area (Å²) in [6, 6.07) is 0.325. The topological polar surface area (TPSA) is 49.2 Å². The summed E-state index contributed by atoms with van der Waals surface area (Å²) in [5.74, 6) is 0.774. The van der Waals surface area contributed by atoms with Gasteiger partial charge in [-0.1, -0.05) is 6.08 Å². The number of rotatable bonds is 5. The van der Waals surface area contributed by atoms with Gasteiger partial charge in [-0.05, 0) is 13.8 Å². The summed E-state index contributed by atoms with van der Waals surface area (Å²) in [6.07, 6.45) is 5.09. The van der Waals surface area contributed by atoms with E-state index in [0.29, 0.717) is 11.7 Å². The van der Waals surface area contributed by atoms with Crippen molar-refractivity contribution in [2.24, 2.45) is 0 Å². The number of aliphatic hydroxyl groups excluding tert-OH is 1. The second-order valence-corrected chi connectivity index (χ2v) is 3.56. The van der Waals surface area contributed by atoms with Crippen molar-refractivity contribution in [1.29, 1.82) is 0 Å². The van der Waals surface area contributed by atoms with Crippen LogP contribution in [0.15, 0.2) is 25.0 Å². The molecule has 4 heteroatoms. The van der Waals surface area contributed by atoms with E-state index in [4.69, 9.17) is 5.11 Å². The average Bonchev–Trinajstić information content (AvgIpc) is 2.25. The fraction of sp³-hybridized carbons (Fsp3) is 0.455. The van der Waals surface area contributed by atoms with E-state index in [1.54, 1.807) is 12.4 Å². The van der Waals surface area contributed by atoms with Crippen LogP contribution < -0.4 is 4.90 Å². The van der Waals surface area contributed by atoms with E-state index in [1.165, 1.54) is 0 Å². The number of nitrogens with zero attached hydrogens (tertiary/aromatic N) is 3. The molecule has 0 aliphatic heterocycles. The molecule has 15 heavy (non-hydrogen) atoms. The van der Waals surface area contributed by atoms with Gasteiger partial charge in [0.1, 0.15) is 5.82 Å². The predicted octanol–water partition coefficient (Wildman–Crippen LogP) is 1.37. The van der Waals surface area contributed by atoms with Crippen LogP contribution in [0.5, 0.6) is 0 Å². The predicted molar refractivity (Wildman–Crippen MR) is 60.6 cm³/mol. The second-order valence-electron chi connectivity index (χ2n) is 3.56. The highest BCUT2D eigenvalue weighted by Crippen LogP contribution is 2.13. The van der Waals surface area contributed by atoms with Crippen LogP contribution in [0, 0.1) is 0 Å². The summed E-state index contributed by atoms with van der Waals surface area (Å²) < 4.78 is 0. The number of hydrogen-bond donors (Lipinski definition) is 1. The lowest BCUT2D eigenvalue weighted by Crippen LogP contribution is -2.31. The molecule has 0 atom stereocenters. The minimum atomic E-state index is -0.0825. The number of aliphatic hydroxyl groups is 1. The van der Waals surface area contributed by atoms with Crippen LogP contribution in [0.4, 0.5) is 5.82 Å². The third-order valence-corrected chi connectivity index (χ3v) is 2.08. The van der Waals surface area contributed by atoms with Gasteiger partial charge in [0.25, 0.3) is 0 Å². The van der Waals surface area contributed by atoms with E-state index in [-0.39, 0.29) is 6.61 Å². The van der Waals surface area contributed by atoms with Crippen molar-refractivity contribution in [2.45, 2.75) is 26.5 Å². The Morgan fingerprint density at radius 3 is 2.80 bits per heavy atom. The zero-order valence-corrected chi connectivity index (χ0v) is 9.22. The maximum atomic E-state index is 8.97. The summed E-state index contributed by atoms with van der Waals surface area (Å²) in [5.41, 5.74) is 0.585. The van der Waals surface area contributed by atoms with Gasteiger partial charge >= 0.3 is 0 Å². The van der Waals surface area contributed by atoms with Gasteiger partial charge in [0, 0.05) is 12.6 Å². The molecule has 0 fully saturated rings. The lowest BCUT2D eigenvalue weighted by molar-refractivity contribution is 0.276. The van der Waals surface area contributed by atoms with Crippen molar-refractivity contribution in [2.75, 3.05) is 11.4 Å². The SMILES string of the molecule is C=CCN(c1cncc(CO)n1)C(C)C. The quantitative estimate of drug-likeness (QED) is 0.741. The molecule has 0 aromatic carbocycles. The van der Waals surface area contributed by atoms with Crippen LogP contribution in [0.3, 0.4) is 0 Å². The Kier molecular flexibility index (Phi) is 4.24. The highest BCUT2D eigenvalue weighted by atomic mass is 16.3. The van der Waals surface area contributed by atoms with E-state index in [9.17, 15) is 0 Å². The van der Waals surface area contributed by atoms with Crippen LogP contribution in [0.1, 0.15) is 19.5 Å². The Labute approximate surface area is 90.3 Å². The van der Waals surface area contributed by atoms with E-state index < -0.39 is 0 Å². The monoisotopic (exact) mass is 207 g/mol. The highest BCUT2D eigenvalue weighted by Gasteiger charge is 2.10. The molecule has 0 radical (unpaired) electrons. The van der Waals surface area contributed by atoms with Crippen LogP contribution >= 0.6 is 0 Å². The van der Waals surface area contributed by atoms with Gasteiger partial charge < -0.3 is 10.0 Å². The molecule has 0 saturated heterocycles. The van der Waals surface area contributed by atoms with Crippen molar-refractivity contribution in [3.8, 4) is 0 Å². The lowest BCUT2D eigenvalue weighted by atomic mass is 10.3. The Hall–Kier alpha value is -1.42. The Morgan fingerprint density at radius 2 is 2.27 bits per heavy atom. The van der Waals surface area contributed by atoms with Gasteiger partial charge in [0.05, 0.1) is 24.7 Å².